The van der Waals surface area contributed by atoms with Gasteiger partial charge in [0.15, 0.2) is 0 Å². The van der Waals surface area contributed by atoms with Crippen LogP contribution in [0, 0.1) is 0 Å². The molecule has 0 aliphatic carbocycles. The van der Waals surface area contributed by atoms with Gasteiger partial charge in [0.2, 0.25) is 0 Å². The molecular weight excluding hydrogens is 314 g/mol. The Balaban J connectivity index is 1.84. The number of halogens is 1. The van der Waals surface area contributed by atoms with Gasteiger partial charge in [-0.05, 0) is 30.2 Å². The predicted molar refractivity (Wildman–Crippen MR) is 84.6 cm³/mol. The summed E-state index contributed by atoms with van der Waals surface area (Å²) in [5.41, 5.74) is 2.44. The third-order valence-corrected chi connectivity index (χ3v) is 4.23. The Labute approximate surface area is 128 Å². The average Bonchev–Trinajstić information content (AvgIpc) is 2.48. The number of rotatable bonds is 2. The zero-order valence-corrected chi connectivity index (χ0v) is 13.0. The van der Waals surface area contributed by atoms with Gasteiger partial charge in [0.05, 0.1) is 12.2 Å². The van der Waals surface area contributed by atoms with E-state index in [1.807, 2.05) is 12.1 Å². The van der Waals surface area contributed by atoms with Gasteiger partial charge in [0.1, 0.15) is 0 Å². The summed E-state index contributed by atoms with van der Waals surface area (Å²) in [6.07, 6.45) is 0.183. The fourth-order valence-corrected chi connectivity index (χ4v) is 3.07. The molecule has 0 bridgehead atoms. The summed E-state index contributed by atoms with van der Waals surface area (Å²) < 4.78 is 7.43. The van der Waals surface area contributed by atoms with Crippen LogP contribution in [-0.2, 0) is 4.74 Å². The van der Waals surface area contributed by atoms with E-state index >= 15 is 0 Å². The lowest BCUT2D eigenvalue weighted by Crippen LogP contribution is -2.43. The number of hydrogen-bond acceptors (Lipinski definition) is 2. The Morgan fingerprint density at radius 1 is 1.05 bits per heavy atom. The zero-order valence-electron chi connectivity index (χ0n) is 11.4. The summed E-state index contributed by atoms with van der Waals surface area (Å²) in [6, 6.07) is 19.1. The lowest BCUT2D eigenvalue weighted by Gasteiger charge is -2.36. The smallest absolute Gasteiger partial charge is 0.0984 e. The van der Waals surface area contributed by atoms with E-state index in [1.165, 1.54) is 11.1 Å². The van der Waals surface area contributed by atoms with Crippen LogP contribution in [-0.4, -0.2) is 12.6 Å². The molecule has 1 saturated heterocycles. The normalized spacial score (nSPS) is 26.4. The second-order valence-corrected chi connectivity index (χ2v) is 6.12. The van der Waals surface area contributed by atoms with Gasteiger partial charge in [-0.2, -0.15) is 0 Å². The molecule has 0 radical (unpaired) electrons. The maximum Gasteiger partial charge on any atom is 0.0984 e. The predicted octanol–water partition coefficient (Wildman–Crippen LogP) is 4.24. The van der Waals surface area contributed by atoms with Crippen LogP contribution in [0.5, 0.6) is 0 Å². The molecule has 2 aromatic carbocycles. The first-order chi connectivity index (χ1) is 9.74. The monoisotopic (exact) mass is 331 g/mol. The summed E-state index contributed by atoms with van der Waals surface area (Å²) in [7, 11) is 0. The quantitative estimate of drug-likeness (QED) is 0.888. The van der Waals surface area contributed by atoms with Crippen LogP contribution in [0.25, 0.3) is 0 Å². The zero-order chi connectivity index (χ0) is 13.9. The molecule has 3 unspecified atom stereocenters. The van der Waals surface area contributed by atoms with E-state index < -0.39 is 0 Å². The highest BCUT2D eigenvalue weighted by atomic mass is 79.9. The molecule has 0 saturated carbocycles. The molecule has 1 aliphatic rings. The number of benzene rings is 2. The molecule has 3 atom stereocenters. The van der Waals surface area contributed by atoms with Crippen molar-refractivity contribution in [1.29, 1.82) is 0 Å². The van der Waals surface area contributed by atoms with Crippen molar-refractivity contribution in [1.82, 2.24) is 5.32 Å². The standard InChI is InChI=1S/C17H18BrNO/c1-12-17(14-8-5-9-15(18)10-14)20-16(11-19-12)13-6-3-2-4-7-13/h2-10,12,16-17,19H,11H2,1H3. The maximum absolute atomic E-state index is 6.34. The topological polar surface area (TPSA) is 21.3 Å². The van der Waals surface area contributed by atoms with Crippen molar-refractivity contribution in [2.45, 2.75) is 25.2 Å². The summed E-state index contributed by atoms with van der Waals surface area (Å²) >= 11 is 3.53. The number of hydrogen-bond donors (Lipinski definition) is 1. The first-order valence-electron chi connectivity index (χ1n) is 6.93. The van der Waals surface area contributed by atoms with Crippen molar-refractivity contribution in [3.63, 3.8) is 0 Å². The molecule has 104 valence electrons. The molecular formula is C17H18BrNO. The average molecular weight is 332 g/mol. The van der Waals surface area contributed by atoms with E-state index in [4.69, 9.17) is 4.74 Å². The molecule has 0 amide bonds. The van der Waals surface area contributed by atoms with Gasteiger partial charge in [-0.1, -0.05) is 58.4 Å². The summed E-state index contributed by atoms with van der Waals surface area (Å²) in [4.78, 5) is 0. The lowest BCUT2D eigenvalue weighted by atomic mass is 9.99. The molecule has 0 spiro atoms. The van der Waals surface area contributed by atoms with Crippen LogP contribution in [0.4, 0.5) is 0 Å². The third kappa shape index (κ3) is 2.95. The van der Waals surface area contributed by atoms with Crippen LogP contribution >= 0.6 is 15.9 Å². The molecule has 2 nitrogen and oxygen atoms in total. The van der Waals surface area contributed by atoms with Gasteiger partial charge in [0.25, 0.3) is 0 Å². The van der Waals surface area contributed by atoms with E-state index in [0.29, 0.717) is 6.04 Å². The van der Waals surface area contributed by atoms with E-state index in [2.05, 4.69) is 70.6 Å². The number of ether oxygens (including phenoxy) is 1. The second-order valence-electron chi connectivity index (χ2n) is 5.21. The third-order valence-electron chi connectivity index (χ3n) is 3.74. The number of morpholine rings is 1. The largest absolute Gasteiger partial charge is 0.363 e. The minimum absolute atomic E-state index is 0.0754. The highest BCUT2D eigenvalue weighted by molar-refractivity contribution is 9.10. The maximum atomic E-state index is 6.34. The van der Waals surface area contributed by atoms with Gasteiger partial charge in [-0.15, -0.1) is 0 Å². The van der Waals surface area contributed by atoms with Crippen molar-refractivity contribution in [2.75, 3.05) is 6.54 Å². The van der Waals surface area contributed by atoms with Crippen molar-refractivity contribution < 1.29 is 4.74 Å². The van der Waals surface area contributed by atoms with Crippen LogP contribution in [0.15, 0.2) is 59.1 Å². The van der Waals surface area contributed by atoms with E-state index in [-0.39, 0.29) is 12.2 Å². The summed E-state index contributed by atoms with van der Waals surface area (Å²) in [5, 5.41) is 3.56. The molecule has 1 aliphatic heterocycles. The molecule has 2 aromatic rings. The van der Waals surface area contributed by atoms with Gasteiger partial charge >= 0.3 is 0 Å². The van der Waals surface area contributed by atoms with Crippen LogP contribution in [0.3, 0.4) is 0 Å². The van der Waals surface area contributed by atoms with Gasteiger partial charge < -0.3 is 10.1 Å². The van der Waals surface area contributed by atoms with Crippen LogP contribution in [0.2, 0.25) is 0 Å². The first-order valence-corrected chi connectivity index (χ1v) is 7.72. The van der Waals surface area contributed by atoms with Gasteiger partial charge in [0, 0.05) is 17.1 Å². The Bertz CT molecular complexity index is 572. The Hall–Kier alpha value is -1.16. The SMILES string of the molecule is CC1NCC(c2ccccc2)OC1c1cccc(Br)c1. The lowest BCUT2D eigenvalue weighted by molar-refractivity contribution is -0.0632. The minimum Gasteiger partial charge on any atom is -0.363 e. The minimum atomic E-state index is 0.0754. The van der Waals surface area contributed by atoms with Gasteiger partial charge in [-0.25, -0.2) is 0 Å². The summed E-state index contributed by atoms with van der Waals surface area (Å²) in [6.45, 7) is 3.03. The molecule has 3 rings (SSSR count). The van der Waals surface area contributed by atoms with Crippen molar-refractivity contribution in [3.8, 4) is 0 Å². The Morgan fingerprint density at radius 3 is 2.55 bits per heavy atom. The van der Waals surface area contributed by atoms with Crippen LogP contribution < -0.4 is 5.32 Å². The van der Waals surface area contributed by atoms with E-state index in [9.17, 15) is 0 Å². The van der Waals surface area contributed by atoms with Gasteiger partial charge in [-0.3, -0.25) is 0 Å². The van der Waals surface area contributed by atoms with Crippen molar-refractivity contribution >= 4 is 15.9 Å². The fraction of sp³-hybridized carbons (Fsp3) is 0.294. The highest BCUT2D eigenvalue weighted by Gasteiger charge is 2.29. The van der Waals surface area contributed by atoms with E-state index in [1.54, 1.807) is 0 Å². The Kier molecular flexibility index (Phi) is 4.20. The Morgan fingerprint density at radius 2 is 1.80 bits per heavy atom. The summed E-state index contributed by atoms with van der Waals surface area (Å²) in [5.74, 6) is 0. The second kappa shape index (κ2) is 6.08. The van der Waals surface area contributed by atoms with Crippen molar-refractivity contribution in [3.05, 3.63) is 70.2 Å². The molecule has 20 heavy (non-hydrogen) atoms. The highest BCUT2D eigenvalue weighted by Crippen LogP contribution is 2.33. The number of nitrogens with one attached hydrogen (secondary N) is 1. The molecule has 1 heterocycles. The molecule has 1 fully saturated rings. The fourth-order valence-electron chi connectivity index (χ4n) is 2.66. The molecule has 0 aromatic heterocycles. The molecule has 1 N–H and O–H groups in total. The first kappa shape index (κ1) is 13.8. The van der Waals surface area contributed by atoms with E-state index in [0.717, 1.165) is 11.0 Å². The van der Waals surface area contributed by atoms with Crippen molar-refractivity contribution in [2.24, 2.45) is 0 Å². The molecule has 3 heteroatoms. The van der Waals surface area contributed by atoms with Crippen LogP contribution in [0.1, 0.15) is 30.3 Å².